The molecule has 97 heavy (non-hydrogen) atoms. The van der Waals surface area contributed by atoms with Gasteiger partial charge in [0.2, 0.25) is 11.8 Å². The molecule has 0 unspecified atom stereocenters. The number of alkyl halides is 6. The Hall–Kier alpha value is -8.38. The van der Waals surface area contributed by atoms with Crippen LogP contribution >= 0.6 is 0 Å². The van der Waals surface area contributed by atoms with E-state index < -0.39 is 64.6 Å². The summed E-state index contributed by atoms with van der Waals surface area (Å²) >= 11 is 0. The Labute approximate surface area is 561 Å². The number of likely N-dealkylation sites (tertiary alicyclic amines) is 2. The van der Waals surface area contributed by atoms with Crippen LogP contribution in [0.3, 0.4) is 0 Å². The number of piperidine rings is 2. The van der Waals surface area contributed by atoms with E-state index in [0.29, 0.717) is 126 Å². The first-order chi connectivity index (χ1) is 46.4. The Bertz CT molecular complexity index is 3660. The van der Waals surface area contributed by atoms with Crippen LogP contribution in [-0.4, -0.2) is 183 Å². The Morgan fingerprint density at radius 3 is 2.01 bits per heavy atom. The van der Waals surface area contributed by atoms with E-state index in [1.165, 1.54) is 29.2 Å². The summed E-state index contributed by atoms with van der Waals surface area (Å²) in [6, 6.07) is 39.0. The normalized spacial score (nSPS) is 18.2. The molecule has 6 aromatic rings. The predicted octanol–water partition coefficient (Wildman–Crippen LogP) is 12.9. The Morgan fingerprint density at radius 2 is 1.31 bits per heavy atom. The molecule has 3 heterocycles. The van der Waals surface area contributed by atoms with Gasteiger partial charge in [-0.05, 0) is 148 Å². The topological polar surface area (TPSA) is 159 Å². The molecule has 3 fully saturated rings. The summed E-state index contributed by atoms with van der Waals surface area (Å²) < 4.78 is 110. The van der Waals surface area contributed by atoms with Gasteiger partial charge in [-0.1, -0.05) is 97.4 Å². The van der Waals surface area contributed by atoms with Crippen molar-refractivity contribution in [3.05, 3.63) is 190 Å². The van der Waals surface area contributed by atoms with Gasteiger partial charge in [0.25, 0.3) is 11.8 Å². The lowest BCUT2D eigenvalue weighted by Crippen LogP contribution is -2.50. The van der Waals surface area contributed by atoms with E-state index in [4.69, 9.17) is 9.47 Å². The maximum atomic E-state index is 14.3. The van der Waals surface area contributed by atoms with Crippen molar-refractivity contribution in [1.29, 1.82) is 0 Å². The lowest BCUT2D eigenvalue weighted by atomic mass is 9.72. The summed E-state index contributed by atoms with van der Waals surface area (Å²) in [6.07, 6.45) is -4.59. The Balaban J connectivity index is 0.625. The van der Waals surface area contributed by atoms with E-state index in [1.54, 1.807) is 34.9 Å². The second-order valence-electron chi connectivity index (χ2n) is 26.1. The van der Waals surface area contributed by atoms with Gasteiger partial charge in [-0.3, -0.25) is 24.1 Å². The standard InChI is InChI=1S/C74H85F7N8O8/c1-83(35-15-36-85(3)68(92)54-19-14-20-60(46-54)82-34-13-5-8-24-66(90)84(2)42-43-86-37-29-61(30-38-86)89(70(94)95)64-23-12-10-21-62(64)52-16-6-4-7-17-52)67(91)49-96-65-47-53-18-9-11-22-63(53)71(65)31-39-87(40-32-71)41-33-72(56-25-27-59(75)28-26-56)50-88(51-97-72)69(93)55-44-57(73(76,77)78)48-58(45-55)74(79,80)81/h4,6-7,9-12,14,16-23,25-28,44-46,48,61,65,82H,5,8,13,15,24,29-43,47,49-51H2,1-3H3,(H,94,95)/t65-,72-/m0/s1. The van der Waals surface area contributed by atoms with Gasteiger partial charge >= 0.3 is 18.4 Å². The zero-order valence-corrected chi connectivity index (χ0v) is 55.1. The van der Waals surface area contributed by atoms with Crippen LogP contribution in [0, 0.1) is 5.82 Å². The van der Waals surface area contributed by atoms with E-state index in [9.17, 15) is 59.8 Å². The number of amides is 5. The van der Waals surface area contributed by atoms with E-state index in [-0.39, 0.29) is 55.5 Å². The molecule has 2 N–H and O–H groups in total. The Kier molecular flexibility index (Phi) is 23.1. The molecule has 0 saturated carbocycles. The molecule has 23 heteroatoms. The van der Waals surface area contributed by atoms with Crippen molar-refractivity contribution in [1.82, 2.24) is 29.4 Å². The lowest BCUT2D eigenvalue weighted by molar-refractivity contribution is -0.143. The molecule has 6 aromatic carbocycles. The number of carbonyl (C=O) groups is 5. The highest BCUT2D eigenvalue weighted by atomic mass is 19.4. The van der Waals surface area contributed by atoms with Crippen LogP contribution in [0.5, 0.6) is 0 Å². The van der Waals surface area contributed by atoms with Crippen LogP contribution in [0.1, 0.15) is 113 Å². The van der Waals surface area contributed by atoms with Crippen molar-refractivity contribution < 1.29 is 69.3 Å². The van der Waals surface area contributed by atoms with Gasteiger partial charge in [-0.15, -0.1) is 0 Å². The molecule has 16 nitrogen and oxygen atoms in total. The molecule has 2 atom stereocenters. The number of carbonyl (C=O) groups excluding carboxylic acids is 4. The monoisotopic (exact) mass is 1350 g/mol. The number of anilines is 2. The summed E-state index contributed by atoms with van der Waals surface area (Å²) in [4.78, 5) is 79.0. The number of nitrogens with zero attached hydrogens (tertiary/aromatic N) is 7. The minimum absolute atomic E-state index is 0.0295. The van der Waals surface area contributed by atoms with Crippen LogP contribution in [0.4, 0.5) is 46.9 Å². The first-order valence-corrected chi connectivity index (χ1v) is 33.3. The minimum atomic E-state index is -5.15. The molecule has 0 bridgehead atoms. The first kappa shape index (κ1) is 71.4. The zero-order valence-electron chi connectivity index (χ0n) is 55.1. The average Bonchev–Trinajstić information content (AvgIpc) is 1.61. The van der Waals surface area contributed by atoms with Crippen LogP contribution in [0.25, 0.3) is 11.1 Å². The van der Waals surface area contributed by atoms with Gasteiger partial charge in [0.05, 0.1) is 29.5 Å². The van der Waals surface area contributed by atoms with Crippen molar-refractivity contribution in [2.24, 2.45) is 0 Å². The fraction of sp³-hybridized carbons (Fsp3) is 0.446. The van der Waals surface area contributed by atoms with Crippen molar-refractivity contribution in [2.75, 3.05) is 117 Å². The fourth-order valence-electron chi connectivity index (χ4n) is 14.1. The van der Waals surface area contributed by atoms with Crippen LogP contribution in [0.15, 0.2) is 146 Å². The molecule has 1 aliphatic carbocycles. The molecule has 3 saturated heterocycles. The molecule has 518 valence electrons. The van der Waals surface area contributed by atoms with Crippen LogP contribution < -0.4 is 10.2 Å². The maximum absolute atomic E-state index is 14.3. The number of nitrogens with one attached hydrogen (secondary N) is 1. The number of benzene rings is 6. The third kappa shape index (κ3) is 17.5. The average molecular weight is 1350 g/mol. The second-order valence-corrected chi connectivity index (χ2v) is 26.1. The molecule has 4 aliphatic rings. The lowest BCUT2D eigenvalue weighted by Gasteiger charge is -2.44. The van der Waals surface area contributed by atoms with Crippen molar-refractivity contribution in [3.8, 4) is 11.1 Å². The number of para-hydroxylation sites is 1. The number of halogens is 7. The summed E-state index contributed by atoms with van der Waals surface area (Å²) in [7, 11) is 5.29. The molecular formula is C74H85F7N8O8. The minimum Gasteiger partial charge on any atom is -0.465 e. The molecule has 1 spiro atoms. The quantitative estimate of drug-likeness (QED) is 0.0393. The van der Waals surface area contributed by atoms with Gasteiger partial charge in [0.1, 0.15) is 24.8 Å². The summed E-state index contributed by atoms with van der Waals surface area (Å²) in [6.45, 7) is 5.06. The highest BCUT2D eigenvalue weighted by Gasteiger charge is 2.50. The maximum Gasteiger partial charge on any atom is 0.416 e. The number of likely N-dealkylation sites (N-methyl/N-ethyl adjacent to an activating group) is 2. The number of ether oxygens (including phenoxy) is 2. The van der Waals surface area contributed by atoms with Crippen molar-refractivity contribution >= 4 is 41.1 Å². The molecule has 0 aromatic heterocycles. The van der Waals surface area contributed by atoms with E-state index in [2.05, 4.69) is 27.2 Å². The predicted molar refractivity (Wildman–Crippen MR) is 355 cm³/mol. The van der Waals surface area contributed by atoms with Gasteiger partial charge in [0.15, 0.2) is 0 Å². The van der Waals surface area contributed by atoms with Gasteiger partial charge in [-0.25, -0.2) is 9.18 Å². The van der Waals surface area contributed by atoms with Crippen LogP contribution in [-0.2, 0) is 48.9 Å². The summed E-state index contributed by atoms with van der Waals surface area (Å²) in [5.41, 5.74) is 0.973. The highest BCUT2D eigenvalue weighted by Crippen LogP contribution is 2.49. The van der Waals surface area contributed by atoms with Gasteiger partial charge in [-0.2, -0.15) is 26.3 Å². The zero-order chi connectivity index (χ0) is 69.1. The largest absolute Gasteiger partial charge is 0.465 e. The summed E-state index contributed by atoms with van der Waals surface area (Å²) in [5.74, 6) is -1.87. The van der Waals surface area contributed by atoms with E-state index in [0.717, 1.165) is 65.2 Å². The number of unbranched alkanes of at least 4 members (excludes halogenated alkanes) is 2. The molecular weight excluding hydrogens is 1260 g/mol. The number of hydrogen-bond donors (Lipinski definition) is 2. The molecule has 0 radical (unpaired) electrons. The SMILES string of the molecule is CN(CCN1CCC(N(C(=O)O)c2ccccc2-c2ccccc2)CC1)C(=O)CCCCCNc1cccc(C(=O)N(C)CCCN(C)C(=O)CO[C@H]2Cc3ccccc3C23CCN(CC[C@@]2(c4ccc(F)cc4)CN(C(=O)c4cc(C(F)(F)F)cc(C(F)(F)F)c4)CO2)CC3)c1. The summed E-state index contributed by atoms with van der Waals surface area (Å²) in [5, 5.41) is 13.8. The molecule has 10 rings (SSSR count). The van der Waals surface area contributed by atoms with Gasteiger partial charge < -0.3 is 49.3 Å². The van der Waals surface area contributed by atoms with E-state index in [1.807, 2.05) is 92.0 Å². The fourth-order valence-corrected chi connectivity index (χ4v) is 14.1. The van der Waals surface area contributed by atoms with Crippen molar-refractivity contribution in [3.63, 3.8) is 0 Å². The number of fused-ring (bicyclic) bond motifs is 2. The molecule has 3 aliphatic heterocycles. The number of rotatable bonds is 26. The Morgan fingerprint density at radius 1 is 0.660 bits per heavy atom. The van der Waals surface area contributed by atoms with Crippen molar-refractivity contribution in [2.45, 2.75) is 106 Å². The van der Waals surface area contributed by atoms with E-state index >= 15 is 0 Å². The number of hydrogen-bond acceptors (Lipinski definition) is 10. The van der Waals surface area contributed by atoms with Gasteiger partial charge in [0, 0.05) is 114 Å². The second kappa shape index (κ2) is 31.4. The highest BCUT2D eigenvalue weighted by molar-refractivity contribution is 5.96. The first-order valence-electron chi connectivity index (χ1n) is 33.3. The third-order valence-electron chi connectivity index (χ3n) is 19.8. The number of carboxylic acid groups (broad SMARTS) is 1. The third-order valence-corrected chi connectivity index (χ3v) is 19.8. The smallest absolute Gasteiger partial charge is 0.416 e. The molecule has 5 amide bonds. The van der Waals surface area contributed by atoms with Crippen LogP contribution in [0.2, 0.25) is 0 Å².